The molecular weight excluding hydrogens is 627 g/mol. The number of para-hydroxylation sites is 1. The van der Waals surface area contributed by atoms with E-state index in [1.54, 1.807) is 0 Å². The van der Waals surface area contributed by atoms with Gasteiger partial charge in [0, 0.05) is 16.5 Å². The molecule has 1 aromatic heterocycles. The van der Waals surface area contributed by atoms with Crippen molar-refractivity contribution >= 4 is 21.8 Å². The first-order chi connectivity index (χ1) is 25.8. The summed E-state index contributed by atoms with van der Waals surface area (Å²) in [7, 11) is 0. The van der Waals surface area contributed by atoms with Crippen LogP contribution in [0, 0.1) is 0 Å². The van der Waals surface area contributed by atoms with Gasteiger partial charge >= 0.3 is 0 Å². The van der Waals surface area contributed by atoms with E-state index < -0.39 is 0 Å². The standard InChI is InChI=1S/C51H35N/c1-3-14-38(15-4-1)51(39-16-5-2-6-17-39)47-21-11-9-19-42(47)45-31-36(26-29-48(45)51)37-27-30-50-46(32-37)43-20-10-12-22-49(43)52(50)40-28-25-35-24-23-34-13-7-8-18-41(34)44(35)33-40/h1-22,25-33H,23-24H2. The van der Waals surface area contributed by atoms with Crippen molar-refractivity contribution in [3.63, 3.8) is 0 Å². The molecule has 9 aromatic rings. The highest BCUT2D eigenvalue weighted by Gasteiger charge is 2.45. The molecule has 8 aromatic carbocycles. The van der Waals surface area contributed by atoms with Gasteiger partial charge in [0.15, 0.2) is 0 Å². The van der Waals surface area contributed by atoms with Crippen molar-refractivity contribution in [2.75, 3.05) is 0 Å². The average molecular weight is 662 g/mol. The molecule has 0 spiro atoms. The first kappa shape index (κ1) is 29.3. The van der Waals surface area contributed by atoms with Crippen LogP contribution in [0.25, 0.3) is 60.9 Å². The Morgan fingerprint density at radius 3 is 1.77 bits per heavy atom. The maximum absolute atomic E-state index is 2.46. The zero-order valence-electron chi connectivity index (χ0n) is 28.8. The van der Waals surface area contributed by atoms with Crippen LogP contribution in [0.4, 0.5) is 0 Å². The first-order valence-electron chi connectivity index (χ1n) is 18.4. The van der Waals surface area contributed by atoms with Crippen LogP contribution < -0.4 is 0 Å². The van der Waals surface area contributed by atoms with E-state index in [-0.39, 0.29) is 5.41 Å². The molecule has 0 saturated carbocycles. The third-order valence-electron chi connectivity index (χ3n) is 11.8. The molecule has 2 aliphatic rings. The van der Waals surface area contributed by atoms with Gasteiger partial charge < -0.3 is 4.57 Å². The minimum absolute atomic E-state index is 0.389. The molecule has 0 N–H and O–H groups in total. The van der Waals surface area contributed by atoms with E-state index in [2.05, 4.69) is 193 Å². The summed E-state index contributed by atoms with van der Waals surface area (Å²) >= 11 is 0. The molecular formula is C51H35N. The van der Waals surface area contributed by atoms with Crippen LogP contribution in [0.5, 0.6) is 0 Å². The van der Waals surface area contributed by atoms with Crippen molar-refractivity contribution in [2.24, 2.45) is 0 Å². The van der Waals surface area contributed by atoms with Crippen LogP contribution in [-0.4, -0.2) is 4.57 Å². The Morgan fingerprint density at radius 2 is 0.962 bits per heavy atom. The molecule has 0 unspecified atom stereocenters. The van der Waals surface area contributed by atoms with E-state index in [1.807, 2.05) is 0 Å². The van der Waals surface area contributed by atoms with E-state index in [0.717, 1.165) is 12.8 Å². The van der Waals surface area contributed by atoms with Crippen LogP contribution in [0.1, 0.15) is 33.4 Å². The summed E-state index contributed by atoms with van der Waals surface area (Å²) in [5.74, 6) is 0. The highest BCUT2D eigenvalue weighted by atomic mass is 15.0. The number of aromatic nitrogens is 1. The summed E-state index contributed by atoms with van der Waals surface area (Å²) in [6.45, 7) is 0. The second-order valence-corrected chi connectivity index (χ2v) is 14.4. The molecule has 1 heteroatoms. The van der Waals surface area contributed by atoms with Crippen LogP contribution in [0.3, 0.4) is 0 Å². The molecule has 244 valence electrons. The molecule has 0 atom stereocenters. The molecule has 11 rings (SSSR count). The van der Waals surface area contributed by atoms with Gasteiger partial charge in [-0.1, -0.05) is 152 Å². The molecule has 0 bridgehead atoms. The Bertz CT molecular complexity index is 2800. The smallest absolute Gasteiger partial charge is 0.0713 e. The Kier molecular flexibility index (Phi) is 6.36. The predicted molar refractivity (Wildman–Crippen MR) is 216 cm³/mol. The molecule has 1 nitrogen and oxygen atoms in total. The highest BCUT2D eigenvalue weighted by molar-refractivity contribution is 6.10. The van der Waals surface area contributed by atoms with E-state index in [9.17, 15) is 0 Å². The minimum Gasteiger partial charge on any atom is -0.309 e. The fourth-order valence-corrected chi connectivity index (χ4v) is 9.50. The number of benzene rings is 8. The maximum atomic E-state index is 2.46. The zero-order chi connectivity index (χ0) is 34.2. The van der Waals surface area contributed by atoms with Crippen molar-refractivity contribution in [1.82, 2.24) is 4.57 Å². The number of nitrogens with zero attached hydrogens (tertiary/aromatic N) is 1. The molecule has 0 saturated heterocycles. The molecule has 52 heavy (non-hydrogen) atoms. The zero-order valence-corrected chi connectivity index (χ0v) is 28.8. The van der Waals surface area contributed by atoms with E-state index in [1.165, 1.54) is 94.3 Å². The third-order valence-corrected chi connectivity index (χ3v) is 11.8. The van der Waals surface area contributed by atoms with Gasteiger partial charge in [0.25, 0.3) is 0 Å². The minimum atomic E-state index is -0.389. The third kappa shape index (κ3) is 4.11. The summed E-state index contributed by atoms with van der Waals surface area (Å²) in [6, 6.07) is 70.2. The summed E-state index contributed by atoms with van der Waals surface area (Å²) in [5.41, 5.74) is 19.2. The Labute approximate surface area is 304 Å². The second-order valence-electron chi connectivity index (χ2n) is 14.4. The molecule has 1 heterocycles. The second kappa shape index (κ2) is 11.3. The summed E-state index contributed by atoms with van der Waals surface area (Å²) in [6.07, 6.45) is 2.20. The van der Waals surface area contributed by atoms with Gasteiger partial charge in [0.2, 0.25) is 0 Å². The Morgan fingerprint density at radius 1 is 0.365 bits per heavy atom. The molecule has 0 radical (unpaired) electrons. The van der Waals surface area contributed by atoms with Crippen LogP contribution in [-0.2, 0) is 18.3 Å². The Balaban J connectivity index is 1.09. The van der Waals surface area contributed by atoms with Crippen LogP contribution in [0.2, 0.25) is 0 Å². The lowest BCUT2D eigenvalue weighted by Crippen LogP contribution is -2.28. The molecule has 0 aliphatic heterocycles. The molecule has 0 fully saturated rings. The highest BCUT2D eigenvalue weighted by Crippen LogP contribution is 2.56. The monoisotopic (exact) mass is 661 g/mol. The number of rotatable bonds is 4. The first-order valence-corrected chi connectivity index (χ1v) is 18.4. The van der Waals surface area contributed by atoms with Crippen molar-refractivity contribution < 1.29 is 0 Å². The van der Waals surface area contributed by atoms with Gasteiger partial charge in [-0.3, -0.25) is 0 Å². The summed E-state index contributed by atoms with van der Waals surface area (Å²) in [5, 5.41) is 2.55. The quantitative estimate of drug-likeness (QED) is 0.177. The van der Waals surface area contributed by atoms with Gasteiger partial charge in [-0.05, 0) is 116 Å². The number of fused-ring (bicyclic) bond motifs is 9. The van der Waals surface area contributed by atoms with Crippen molar-refractivity contribution in [2.45, 2.75) is 18.3 Å². The number of hydrogen-bond acceptors (Lipinski definition) is 0. The summed E-state index contributed by atoms with van der Waals surface area (Å²) in [4.78, 5) is 0. The lowest BCUT2D eigenvalue weighted by Gasteiger charge is -2.33. The van der Waals surface area contributed by atoms with Gasteiger partial charge in [-0.25, -0.2) is 0 Å². The van der Waals surface area contributed by atoms with Crippen LogP contribution in [0.15, 0.2) is 188 Å². The fraction of sp³-hybridized carbons (Fsp3) is 0.0588. The van der Waals surface area contributed by atoms with Gasteiger partial charge in [0.05, 0.1) is 16.4 Å². The number of aryl methyl sites for hydroxylation is 2. The average Bonchev–Trinajstić information content (AvgIpc) is 3.71. The van der Waals surface area contributed by atoms with Crippen molar-refractivity contribution in [3.05, 3.63) is 221 Å². The molecule has 2 aliphatic carbocycles. The molecule has 0 amide bonds. The van der Waals surface area contributed by atoms with Crippen molar-refractivity contribution in [3.8, 4) is 39.1 Å². The fourth-order valence-electron chi connectivity index (χ4n) is 9.50. The van der Waals surface area contributed by atoms with Crippen LogP contribution >= 0.6 is 0 Å². The number of hydrogen-bond donors (Lipinski definition) is 0. The topological polar surface area (TPSA) is 4.93 Å². The lowest BCUT2D eigenvalue weighted by atomic mass is 9.67. The summed E-state index contributed by atoms with van der Waals surface area (Å²) < 4.78 is 2.46. The Hall–Kier alpha value is -6.44. The van der Waals surface area contributed by atoms with Crippen molar-refractivity contribution in [1.29, 1.82) is 0 Å². The van der Waals surface area contributed by atoms with Gasteiger partial charge in [-0.15, -0.1) is 0 Å². The van der Waals surface area contributed by atoms with Gasteiger partial charge in [0.1, 0.15) is 0 Å². The largest absolute Gasteiger partial charge is 0.309 e. The van der Waals surface area contributed by atoms with E-state index in [0.29, 0.717) is 0 Å². The normalized spacial score (nSPS) is 13.8. The van der Waals surface area contributed by atoms with Gasteiger partial charge in [-0.2, -0.15) is 0 Å². The predicted octanol–water partition coefficient (Wildman–Crippen LogP) is 12.6. The maximum Gasteiger partial charge on any atom is 0.0713 e. The van der Waals surface area contributed by atoms with E-state index in [4.69, 9.17) is 0 Å². The van der Waals surface area contributed by atoms with E-state index >= 15 is 0 Å². The lowest BCUT2D eigenvalue weighted by molar-refractivity contribution is 0.768. The SMILES string of the molecule is c1ccc(C2(c3ccccc3)c3ccccc3-c3cc(-c4ccc5c(c4)c4ccccc4n5-c4ccc5c(c4)-c4ccccc4CC5)ccc32)cc1.